The summed E-state index contributed by atoms with van der Waals surface area (Å²) in [5.74, 6) is 0. The van der Waals surface area contributed by atoms with E-state index in [1.54, 1.807) is 6.20 Å². The van der Waals surface area contributed by atoms with Crippen LogP contribution in [-0.2, 0) is 0 Å². The van der Waals surface area contributed by atoms with Gasteiger partial charge in [0.1, 0.15) is 5.69 Å². The SMILES string of the molecule is C=C1CCN(c2c(=O)[nH]cc3ccccc23)C(=O)N1. The predicted molar refractivity (Wildman–Crippen MR) is 74.2 cm³/mol. The average molecular weight is 255 g/mol. The lowest BCUT2D eigenvalue weighted by molar-refractivity contribution is 0.246. The van der Waals surface area contributed by atoms with Gasteiger partial charge in [0.05, 0.1) is 0 Å². The smallest absolute Gasteiger partial charge is 0.326 e. The fourth-order valence-corrected chi connectivity index (χ4v) is 2.28. The van der Waals surface area contributed by atoms with E-state index >= 15 is 0 Å². The summed E-state index contributed by atoms with van der Waals surface area (Å²) < 4.78 is 0. The molecule has 1 aromatic carbocycles. The number of amides is 2. The van der Waals surface area contributed by atoms with Crippen molar-refractivity contribution in [3.8, 4) is 0 Å². The van der Waals surface area contributed by atoms with Gasteiger partial charge in [0, 0.05) is 35.6 Å². The third kappa shape index (κ3) is 1.89. The zero-order valence-electron chi connectivity index (χ0n) is 10.3. The van der Waals surface area contributed by atoms with Crippen molar-refractivity contribution in [3.05, 3.63) is 53.1 Å². The first-order valence-corrected chi connectivity index (χ1v) is 6.03. The summed E-state index contributed by atoms with van der Waals surface area (Å²) in [4.78, 5) is 28.2. The number of anilines is 1. The van der Waals surface area contributed by atoms with Crippen molar-refractivity contribution >= 4 is 22.5 Å². The number of hydrogen-bond acceptors (Lipinski definition) is 2. The van der Waals surface area contributed by atoms with E-state index in [0.717, 1.165) is 10.8 Å². The van der Waals surface area contributed by atoms with Gasteiger partial charge in [-0.05, 0) is 0 Å². The number of benzene rings is 1. The van der Waals surface area contributed by atoms with Crippen LogP contribution in [0.2, 0.25) is 0 Å². The van der Waals surface area contributed by atoms with Gasteiger partial charge in [-0.15, -0.1) is 0 Å². The monoisotopic (exact) mass is 255 g/mol. The molecule has 5 nitrogen and oxygen atoms in total. The van der Waals surface area contributed by atoms with Crippen LogP contribution in [0, 0.1) is 0 Å². The lowest BCUT2D eigenvalue weighted by Gasteiger charge is -2.28. The molecule has 3 rings (SSSR count). The van der Waals surface area contributed by atoms with Crippen molar-refractivity contribution < 1.29 is 4.79 Å². The summed E-state index contributed by atoms with van der Waals surface area (Å²) in [7, 11) is 0. The summed E-state index contributed by atoms with van der Waals surface area (Å²) in [6.45, 7) is 4.19. The lowest BCUT2D eigenvalue weighted by Crippen LogP contribution is -2.47. The van der Waals surface area contributed by atoms with Gasteiger partial charge in [0.15, 0.2) is 0 Å². The van der Waals surface area contributed by atoms with Crippen molar-refractivity contribution in [1.82, 2.24) is 10.3 Å². The topological polar surface area (TPSA) is 65.2 Å². The van der Waals surface area contributed by atoms with Crippen molar-refractivity contribution in [3.63, 3.8) is 0 Å². The van der Waals surface area contributed by atoms with E-state index in [4.69, 9.17) is 0 Å². The molecule has 0 bridgehead atoms. The molecule has 5 heteroatoms. The maximum Gasteiger partial charge on any atom is 0.326 e. The molecule has 0 aliphatic carbocycles. The molecule has 2 amide bonds. The van der Waals surface area contributed by atoms with E-state index < -0.39 is 0 Å². The standard InChI is InChI=1S/C14H13N3O2/c1-9-6-7-17(14(19)16-9)12-11-5-3-2-4-10(11)8-15-13(12)18/h2-5,8H,1,6-7H2,(H,15,18)(H,16,19). The zero-order chi connectivity index (χ0) is 13.4. The van der Waals surface area contributed by atoms with Gasteiger partial charge in [0.25, 0.3) is 5.56 Å². The summed E-state index contributed by atoms with van der Waals surface area (Å²) in [5.41, 5.74) is 0.808. The fourth-order valence-electron chi connectivity index (χ4n) is 2.28. The van der Waals surface area contributed by atoms with E-state index in [9.17, 15) is 9.59 Å². The Balaban J connectivity index is 2.19. The molecule has 0 unspecified atom stereocenters. The number of rotatable bonds is 1. The Morgan fingerprint density at radius 2 is 2.00 bits per heavy atom. The minimum absolute atomic E-state index is 0.263. The molecule has 1 aliphatic heterocycles. The van der Waals surface area contributed by atoms with E-state index in [1.807, 2.05) is 24.3 Å². The minimum atomic E-state index is -0.307. The molecule has 0 radical (unpaired) electrons. The van der Waals surface area contributed by atoms with Gasteiger partial charge in [-0.25, -0.2) is 4.79 Å². The first kappa shape index (κ1) is 11.5. The largest absolute Gasteiger partial charge is 0.327 e. The molecule has 0 spiro atoms. The number of aromatic nitrogens is 1. The molecule has 1 aromatic heterocycles. The van der Waals surface area contributed by atoms with E-state index in [0.29, 0.717) is 24.4 Å². The molecule has 0 saturated carbocycles. The van der Waals surface area contributed by atoms with Crippen LogP contribution in [0.5, 0.6) is 0 Å². The Bertz CT molecular complexity index is 733. The van der Waals surface area contributed by atoms with Gasteiger partial charge in [0.2, 0.25) is 0 Å². The van der Waals surface area contributed by atoms with Crippen molar-refractivity contribution in [2.75, 3.05) is 11.4 Å². The normalized spacial score (nSPS) is 15.7. The average Bonchev–Trinajstić information content (AvgIpc) is 2.40. The third-order valence-electron chi connectivity index (χ3n) is 3.23. The molecule has 1 saturated heterocycles. The molecule has 0 atom stereocenters. The number of nitrogens with zero attached hydrogens (tertiary/aromatic N) is 1. The van der Waals surface area contributed by atoms with Gasteiger partial charge in [-0.1, -0.05) is 30.8 Å². The number of H-pyrrole nitrogens is 1. The number of urea groups is 1. The maximum atomic E-state index is 12.1. The Kier molecular flexibility index (Phi) is 2.59. The highest BCUT2D eigenvalue weighted by Gasteiger charge is 2.25. The Morgan fingerprint density at radius 3 is 2.79 bits per heavy atom. The second-order valence-electron chi connectivity index (χ2n) is 4.49. The van der Waals surface area contributed by atoms with Crippen LogP contribution in [0.1, 0.15) is 6.42 Å². The number of nitrogens with one attached hydrogen (secondary N) is 2. The van der Waals surface area contributed by atoms with Gasteiger partial charge >= 0.3 is 6.03 Å². The van der Waals surface area contributed by atoms with E-state index in [-0.39, 0.29) is 11.6 Å². The van der Waals surface area contributed by atoms with Crippen LogP contribution in [0.15, 0.2) is 47.5 Å². The zero-order valence-corrected chi connectivity index (χ0v) is 10.3. The minimum Gasteiger partial charge on any atom is -0.327 e. The maximum absolute atomic E-state index is 12.1. The van der Waals surface area contributed by atoms with Crippen LogP contribution >= 0.6 is 0 Å². The first-order chi connectivity index (χ1) is 9.16. The van der Waals surface area contributed by atoms with E-state index in [1.165, 1.54) is 4.90 Å². The van der Waals surface area contributed by atoms with Crippen LogP contribution in [-0.4, -0.2) is 17.6 Å². The molecular formula is C14H13N3O2. The van der Waals surface area contributed by atoms with Crippen LogP contribution in [0.25, 0.3) is 10.8 Å². The van der Waals surface area contributed by atoms with Gasteiger partial charge in [-0.2, -0.15) is 0 Å². The number of fused-ring (bicyclic) bond motifs is 1. The highest BCUT2D eigenvalue weighted by atomic mass is 16.2. The van der Waals surface area contributed by atoms with Crippen molar-refractivity contribution in [2.45, 2.75) is 6.42 Å². The summed E-state index contributed by atoms with van der Waals surface area (Å²) in [6, 6.07) is 7.18. The predicted octanol–water partition coefficient (Wildman–Crippen LogP) is 1.96. The molecule has 2 heterocycles. The molecule has 2 N–H and O–H groups in total. The van der Waals surface area contributed by atoms with Gasteiger partial charge in [-0.3, -0.25) is 9.69 Å². The third-order valence-corrected chi connectivity index (χ3v) is 3.23. The van der Waals surface area contributed by atoms with Crippen LogP contribution in [0.3, 0.4) is 0 Å². The first-order valence-electron chi connectivity index (χ1n) is 6.03. The molecule has 1 fully saturated rings. The Morgan fingerprint density at radius 1 is 1.21 bits per heavy atom. The molecule has 2 aromatic rings. The quantitative estimate of drug-likeness (QED) is 0.818. The number of hydrogen-bond donors (Lipinski definition) is 2. The van der Waals surface area contributed by atoms with Crippen LogP contribution in [0.4, 0.5) is 10.5 Å². The Labute approximate surface area is 109 Å². The van der Waals surface area contributed by atoms with Crippen LogP contribution < -0.4 is 15.8 Å². The molecule has 96 valence electrons. The van der Waals surface area contributed by atoms with Crippen molar-refractivity contribution in [2.24, 2.45) is 0 Å². The van der Waals surface area contributed by atoms with E-state index in [2.05, 4.69) is 16.9 Å². The second-order valence-corrected chi connectivity index (χ2v) is 4.49. The summed E-state index contributed by atoms with van der Waals surface area (Å²) in [6.07, 6.45) is 2.29. The highest BCUT2D eigenvalue weighted by molar-refractivity contribution is 6.03. The Hall–Kier alpha value is -2.56. The number of pyridine rings is 1. The fraction of sp³-hybridized carbons (Fsp3) is 0.143. The highest BCUT2D eigenvalue weighted by Crippen LogP contribution is 2.24. The molecule has 19 heavy (non-hydrogen) atoms. The number of carbonyl (C=O) groups excluding carboxylic acids is 1. The number of carbonyl (C=O) groups is 1. The molecule has 1 aliphatic rings. The summed E-state index contributed by atoms with van der Waals surface area (Å²) in [5, 5.41) is 4.33. The van der Waals surface area contributed by atoms with Crippen molar-refractivity contribution in [1.29, 1.82) is 0 Å². The van der Waals surface area contributed by atoms with Gasteiger partial charge < -0.3 is 10.3 Å². The lowest BCUT2D eigenvalue weighted by atomic mass is 10.1. The molecular weight excluding hydrogens is 242 g/mol. The second kappa shape index (κ2) is 4.28. The summed E-state index contributed by atoms with van der Waals surface area (Å²) >= 11 is 0. The number of aromatic amines is 1.